The Morgan fingerprint density at radius 3 is 2.44 bits per heavy atom. The molecule has 2 nitrogen and oxygen atoms in total. The second-order valence-corrected chi connectivity index (χ2v) is 4.61. The number of nitriles is 1. The SMILES string of the molecule is CCC(C)(CC)Nc1ccc(C#N)cc1Cl. The third kappa shape index (κ3) is 2.90. The van der Waals surface area contributed by atoms with Gasteiger partial charge in [-0.25, -0.2) is 0 Å². The lowest BCUT2D eigenvalue weighted by Gasteiger charge is -2.30. The topological polar surface area (TPSA) is 35.8 Å². The standard InChI is InChI=1S/C13H17ClN2/c1-4-13(3,5-2)16-12-7-6-10(9-15)8-11(12)14/h6-8,16H,4-5H2,1-3H3. The first-order chi connectivity index (χ1) is 7.54. The summed E-state index contributed by atoms with van der Waals surface area (Å²) in [5, 5.41) is 12.8. The molecule has 0 aromatic heterocycles. The van der Waals surface area contributed by atoms with Crippen molar-refractivity contribution < 1.29 is 0 Å². The predicted molar refractivity (Wildman–Crippen MR) is 68.8 cm³/mol. The Hall–Kier alpha value is -1.20. The monoisotopic (exact) mass is 236 g/mol. The summed E-state index contributed by atoms with van der Waals surface area (Å²) >= 11 is 6.11. The highest BCUT2D eigenvalue weighted by Gasteiger charge is 2.19. The van der Waals surface area contributed by atoms with Crippen molar-refractivity contribution in [2.45, 2.75) is 39.2 Å². The first-order valence-corrected chi connectivity index (χ1v) is 5.90. The Bertz CT molecular complexity index is 403. The van der Waals surface area contributed by atoms with Crippen molar-refractivity contribution in [1.29, 1.82) is 5.26 Å². The summed E-state index contributed by atoms with van der Waals surface area (Å²) in [6.07, 6.45) is 2.06. The molecule has 0 fully saturated rings. The number of halogens is 1. The fourth-order valence-electron chi connectivity index (χ4n) is 1.44. The van der Waals surface area contributed by atoms with Gasteiger partial charge in [-0.2, -0.15) is 5.26 Å². The van der Waals surface area contributed by atoms with E-state index in [-0.39, 0.29) is 5.54 Å². The van der Waals surface area contributed by atoms with E-state index in [0.29, 0.717) is 10.6 Å². The zero-order valence-corrected chi connectivity index (χ0v) is 10.7. The van der Waals surface area contributed by atoms with Crippen LogP contribution in [-0.2, 0) is 0 Å². The van der Waals surface area contributed by atoms with Gasteiger partial charge in [-0.3, -0.25) is 0 Å². The van der Waals surface area contributed by atoms with E-state index in [1.54, 1.807) is 12.1 Å². The van der Waals surface area contributed by atoms with Crippen molar-refractivity contribution in [2.75, 3.05) is 5.32 Å². The van der Waals surface area contributed by atoms with Crippen LogP contribution in [0, 0.1) is 11.3 Å². The van der Waals surface area contributed by atoms with Crippen LogP contribution in [0.15, 0.2) is 18.2 Å². The van der Waals surface area contributed by atoms with Crippen molar-refractivity contribution in [3.05, 3.63) is 28.8 Å². The molecule has 0 aliphatic rings. The van der Waals surface area contributed by atoms with Crippen LogP contribution in [0.2, 0.25) is 5.02 Å². The molecule has 0 heterocycles. The van der Waals surface area contributed by atoms with E-state index in [1.807, 2.05) is 6.07 Å². The minimum absolute atomic E-state index is 0.0534. The minimum Gasteiger partial charge on any atom is -0.379 e. The molecule has 1 rings (SSSR count). The second kappa shape index (κ2) is 5.23. The summed E-state index contributed by atoms with van der Waals surface area (Å²) in [4.78, 5) is 0. The molecule has 1 N–H and O–H groups in total. The molecule has 0 aliphatic heterocycles. The van der Waals surface area contributed by atoms with Gasteiger partial charge in [0.25, 0.3) is 0 Å². The van der Waals surface area contributed by atoms with Crippen LogP contribution < -0.4 is 5.32 Å². The van der Waals surface area contributed by atoms with E-state index in [2.05, 4.69) is 32.2 Å². The zero-order chi connectivity index (χ0) is 12.2. The van der Waals surface area contributed by atoms with E-state index in [4.69, 9.17) is 16.9 Å². The molecule has 0 aliphatic carbocycles. The molecule has 3 heteroatoms. The summed E-state index contributed by atoms with van der Waals surface area (Å²) in [6, 6.07) is 7.41. The molecule has 0 radical (unpaired) electrons. The van der Waals surface area contributed by atoms with Crippen molar-refractivity contribution in [3.8, 4) is 6.07 Å². The van der Waals surface area contributed by atoms with Crippen LogP contribution >= 0.6 is 11.6 Å². The summed E-state index contributed by atoms with van der Waals surface area (Å²) in [6.45, 7) is 6.46. The molecule has 1 aromatic rings. The molecular weight excluding hydrogens is 220 g/mol. The second-order valence-electron chi connectivity index (χ2n) is 4.20. The van der Waals surface area contributed by atoms with E-state index in [1.165, 1.54) is 0 Å². The molecule has 0 atom stereocenters. The molecule has 0 unspecified atom stereocenters. The van der Waals surface area contributed by atoms with Gasteiger partial charge in [0.1, 0.15) is 0 Å². The normalized spacial score (nSPS) is 10.9. The summed E-state index contributed by atoms with van der Waals surface area (Å²) in [7, 11) is 0. The highest BCUT2D eigenvalue weighted by molar-refractivity contribution is 6.33. The van der Waals surface area contributed by atoms with Gasteiger partial charge in [-0.05, 0) is 38.0 Å². The first-order valence-electron chi connectivity index (χ1n) is 5.52. The van der Waals surface area contributed by atoms with Gasteiger partial charge in [-0.1, -0.05) is 25.4 Å². The molecule has 0 spiro atoms. The number of anilines is 1. The molecule has 1 aromatic carbocycles. The summed E-state index contributed by atoms with van der Waals surface area (Å²) in [5.74, 6) is 0. The number of benzene rings is 1. The Morgan fingerprint density at radius 1 is 1.38 bits per heavy atom. The maximum absolute atomic E-state index is 8.75. The fourth-order valence-corrected chi connectivity index (χ4v) is 1.67. The molecule has 0 bridgehead atoms. The molecule has 16 heavy (non-hydrogen) atoms. The molecule has 0 saturated carbocycles. The van der Waals surface area contributed by atoms with Gasteiger partial charge in [0.2, 0.25) is 0 Å². The zero-order valence-electron chi connectivity index (χ0n) is 9.97. The van der Waals surface area contributed by atoms with Crippen LogP contribution in [-0.4, -0.2) is 5.54 Å². The average Bonchev–Trinajstić information content (AvgIpc) is 2.31. The van der Waals surface area contributed by atoms with E-state index < -0.39 is 0 Å². The van der Waals surface area contributed by atoms with Gasteiger partial charge >= 0.3 is 0 Å². The van der Waals surface area contributed by atoms with Crippen molar-refractivity contribution >= 4 is 17.3 Å². The quantitative estimate of drug-likeness (QED) is 0.851. The third-order valence-corrected chi connectivity index (χ3v) is 3.41. The van der Waals surface area contributed by atoms with Crippen molar-refractivity contribution in [3.63, 3.8) is 0 Å². The lowest BCUT2D eigenvalue weighted by atomic mass is 9.95. The number of hydrogen-bond donors (Lipinski definition) is 1. The maximum Gasteiger partial charge on any atom is 0.0992 e. The van der Waals surface area contributed by atoms with E-state index >= 15 is 0 Å². The lowest BCUT2D eigenvalue weighted by molar-refractivity contribution is 0.478. The first kappa shape index (κ1) is 12.9. The summed E-state index contributed by atoms with van der Waals surface area (Å²) < 4.78 is 0. The van der Waals surface area contributed by atoms with Gasteiger partial charge in [0.05, 0.1) is 22.3 Å². The van der Waals surface area contributed by atoms with Crippen LogP contribution in [0.25, 0.3) is 0 Å². The Labute approximate surface area is 102 Å². The highest BCUT2D eigenvalue weighted by atomic mass is 35.5. The number of hydrogen-bond acceptors (Lipinski definition) is 2. The maximum atomic E-state index is 8.75. The van der Waals surface area contributed by atoms with Crippen LogP contribution in [0.3, 0.4) is 0 Å². The largest absolute Gasteiger partial charge is 0.379 e. The average molecular weight is 237 g/mol. The molecule has 0 saturated heterocycles. The number of rotatable bonds is 4. The smallest absolute Gasteiger partial charge is 0.0992 e. The minimum atomic E-state index is 0.0534. The highest BCUT2D eigenvalue weighted by Crippen LogP contribution is 2.28. The molecule has 0 amide bonds. The van der Waals surface area contributed by atoms with Gasteiger partial charge in [0, 0.05) is 5.54 Å². The van der Waals surface area contributed by atoms with Crippen LogP contribution in [0.4, 0.5) is 5.69 Å². The summed E-state index contributed by atoms with van der Waals surface area (Å²) in [5.41, 5.74) is 1.54. The van der Waals surface area contributed by atoms with E-state index in [9.17, 15) is 0 Å². The Kier molecular flexibility index (Phi) is 4.20. The van der Waals surface area contributed by atoms with Gasteiger partial charge in [0.15, 0.2) is 0 Å². The number of nitrogens with one attached hydrogen (secondary N) is 1. The van der Waals surface area contributed by atoms with Crippen LogP contribution in [0.5, 0.6) is 0 Å². The van der Waals surface area contributed by atoms with Gasteiger partial charge < -0.3 is 5.32 Å². The van der Waals surface area contributed by atoms with Crippen LogP contribution in [0.1, 0.15) is 39.2 Å². The third-order valence-electron chi connectivity index (χ3n) is 3.10. The predicted octanol–water partition coefficient (Wildman–Crippen LogP) is 4.20. The molecular formula is C13H17ClN2. The van der Waals surface area contributed by atoms with Crippen molar-refractivity contribution in [1.82, 2.24) is 0 Å². The lowest BCUT2D eigenvalue weighted by Crippen LogP contribution is -2.33. The number of nitrogens with zero attached hydrogens (tertiary/aromatic N) is 1. The Balaban J connectivity index is 2.94. The fraction of sp³-hybridized carbons (Fsp3) is 0.462. The van der Waals surface area contributed by atoms with E-state index in [0.717, 1.165) is 18.5 Å². The van der Waals surface area contributed by atoms with Gasteiger partial charge in [-0.15, -0.1) is 0 Å². The molecule has 86 valence electrons. The van der Waals surface area contributed by atoms with Crippen molar-refractivity contribution in [2.24, 2.45) is 0 Å². The Morgan fingerprint density at radius 2 is 2.00 bits per heavy atom.